The van der Waals surface area contributed by atoms with Gasteiger partial charge in [0.1, 0.15) is 5.70 Å². The van der Waals surface area contributed by atoms with Crippen molar-refractivity contribution in [2.75, 3.05) is 31.1 Å². The Labute approximate surface area is 189 Å². The topological polar surface area (TPSA) is 52.7 Å². The Balaban J connectivity index is 1.52. The van der Waals surface area contributed by atoms with Crippen LogP contribution >= 0.6 is 0 Å². The lowest BCUT2D eigenvalue weighted by molar-refractivity contribution is -0.127. The Morgan fingerprint density at radius 1 is 0.781 bits per heavy atom. The number of nitrogens with one attached hydrogen (secondary N) is 1. The lowest BCUT2D eigenvalue weighted by atomic mass is 10.1. The van der Waals surface area contributed by atoms with Gasteiger partial charge in [-0.05, 0) is 42.8 Å². The van der Waals surface area contributed by atoms with Gasteiger partial charge in [-0.3, -0.25) is 9.59 Å². The molecule has 0 aliphatic carbocycles. The standard InChI is InChI=1S/C27H27N3O2/c1-21-12-14-22(15-13-21)20-25(28-26(31)23-8-4-2-5-9-23)27(32)30-18-16-29(17-19-30)24-10-6-3-7-11-24/h2-15,20H,16-19H2,1H3,(H,28,31)/b25-20-. The summed E-state index contributed by atoms with van der Waals surface area (Å²) in [6.45, 7) is 4.71. The number of carbonyl (C=O) groups is 2. The number of hydrogen-bond donors (Lipinski definition) is 1. The fourth-order valence-electron chi connectivity index (χ4n) is 3.74. The third-order valence-corrected chi connectivity index (χ3v) is 5.59. The molecule has 1 aliphatic heterocycles. The van der Waals surface area contributed by atoms with Gasteiger partial charge in [0.2, 0.25) is 0 Å². The molecule has 4 rings (SSSR count). The van der Waals surface area contributed by atoms with Crippen molar-refractivity contribution in [1.82, 2.24) is 10.2 Å². The van der Waals surface area contributed by atoms with E-state index in [-0.39, 0.29) is 17.5 Å². The molecule has 32 heavy (non-hydrogen) atoms. The largest absolute Gasteiger partial charge is 0.368 e. The number of anilines is 1. The highest BCUT2D eigenvalue weighted by molar-refractivity contribution is 6.05. The Bertz CT molecular complexity index is 1080. The number of carbonyl (C=O) groups excluding carboxylic acids is 2. The van der Waals surface area contributed by atoms with Gasteiger partial charge in [-0.25, -0.2) is 0 Å². The quantitative estimate of drug-likeness (QED) is 0.626. The van der Waals surface area contributed by atoms with Crippen molar-refractivity contribution < 1.29 is 9.59 Å². The van der Waals surface area contributed by atoms with Gasteiger partial charge in [0.15, 0.2) is 0 Å². The van der Waals surface area contributed by atoms with Crippen molar-refractivity contribution in [3.63, 3.8) is 0 Å². The van der Waals surface area contributed by atoms with E-state index in [1.807, 2.05) is 72.5 Å². The van der Waals surface area contributed by atoms with Crippen LogP contribution in [0.1, 0.15) is 21.5 Å². The summed E-state index contributed by atoms with van der Waals surface area (Å²) in [4.78, 5) is 30.3. The van der Waals surface area contributed by atoms with Gasteiger partial charge in [-0.15, -0.1) is 0 Å². The Kier molecular flexibility index (Phi) is 6.66. The molecule has 0 atom stereocenters. The number of piperazine rings is 1. The Morgan fingerprint density at radius 2 is 1.38 bits per heavy atom. The van der Waals surface area contributed by atoms with Crippen LogP contribution in [0.5, 0.6) is 0 Å². The summed E-state index contributed by atoms with van der Waals surface area (Å²) in [5.41, 5.74) is 3.97. The molecule has 0 spiro atoms. The molecular weight excluding hydrogens is 398 g/mol. The van der Waals surface area contributed by atoms with Crippen LogP contribution < -0.4 is 10.2 Å². The molecule has 0 saturated carbocycles. The second-order valence-corrected chi connectivity index (χ2v) is 7.90. The van der Waals surface area contributed by atoms with E-state index in [1.165, 1.54) is 0 Å². The molecule has 2 amide bonds. The van der Waals surface area contributed by atoms with Crippen LogP contribution in [0.3, 0.4) is 0 Å². The number of rotatable bonds is 5. The maximum Gasteiger partial charge on any atom is 0.270 e. The normalized spacial score (nSPS) is 14.2. The lowest BCUT2D eigenvalue weighted by Crippen LogP contribution is -2.50. The second-order valence-electron chi connectivity index (χ2n) is 7.90. The molecule has 3 aromatic rings. The highest BCUT2D eigenvalue weighted by Crippen LogP contribution is 2.17. The van der Waals surface area contributed by atoms with E-state index < -0.39 is 0 Å². The first-order chi connectivity index (χ1) is 15.6. The summed E-state index contributed by atoms with van der Waals surface area (Å²) in [6.07, 6.45) is 1.76. The predicted octanol–water partition coefficient (Wildman–Crippen LogP) is 4.11. The van der Waals surface area contributed by atoms with Crippen LogP contribution in [0.25, 0.3) is 6.08 Å². The summed E-state index contributed by atoms with van der Waals surface area (Å²) in [7, 11) is 0. The van der Waals surface area contributed by atoms with Gasteiger partial charge in [-0.2, -0.15) is 0 Å². The van der Waals surface area contributed by atoms with Crippen LogP contribution in [0.4, 0.5) is 5.69 Å². The van der Waals surface area contributed by atoms with E-state index >= 15 is 0 Å². The van der Waals surface area contributed by atoms with Gasteiger partial charge in [0.05, 0.1) is 0 Å². The van der Waals surface area contributed by atoms with Crippen molar-refractivity contribution in [3.8, 4) is 0 Å². The maximum absolute atomic E-state index is 13.4. The molecule has 1 saturated heterocycles. The average Bonchev–Trinajstić information content (AvgIpc) is 2.85. The van der Waals surface area contributed by atoms with E-state index in [0.717, 1.165) is 29.9 Å². The van der Waals surface area contributed by atoms with E-state index in [2.05, 4.69) is 22.3 Å². The molecule has 5 nitrogen and oxygen atoms in total. The van der Waals surface area contributed by atoms with E-state index in [4.69, 9.17) is 0 Å². The van der Waals surface area contributed by atoms with Crippen molar-refractivity contribution in [3.05, 3.63) is 107 Å². The number of amides is 2. The zero-order chi connectivity index (χ0) is 22.3. The van der Waals surface area contributed by atoms with E-state index in [9.17, 15) is 9.59 Å². The highest BCUT2D eigenvalue weighted by Gasteiger charge is 2.25. The third kappa shape index (κ3) is 5.24. The SMILES string of the molecule is Cc1ccc(/C=C(\NC(=O)c2ccccc2)C(=O)N2CCN(c3ccccc3)CC2)cc1. The minimum Gasteiger partial charge on any atom is -0.368 e. The molecule has 1 aliphatic rings. The first kappa shape index (κ1) is 21.4. The molecule has 0 aromatic heterocycles. The summed E-state index contributed by atoms with van der Waals surface area (Å²) in [5.74, 6) is -0.456. The number of nitrogens with zero attached hydrogens (tertiary/aromatic N) is 2. The lowest BCUT2D eigenvalue weighted by Gasteiger charge is -2.36. The molecule has 3 aromatic carbocycles. The van der Waals surface area contributed by atoms with E-state index in [0.29, 0.717) is 18.7 Å². The minimum absolute atomic E-state index is 0.164. The smallest absolute Gasteiger partial charge is 0.270 e. The first-order valence-corrected chi connectivity index (χ1v) is 10.8. The second kappa shape index (κ2) is 9.96. The highest BCUT2D eigenvalue weighted by atomic mass is 16.2. The van der Waals surface area contributed by atoms with Gasteiger partial charge >= 0.3 is 0 Å². The Morgan fingerprint density at radius 3 is 2.00 bits per heavy atom. The van der Waals surface area contributed by atoms with Crippen LogP contribution in [-0.2, 0) is 4.79 Å². The van der Waals surface area contributed by atoms with Gasteiger partial charge in [-0.1, -0.05) is 66.2 Å². The number of aryl methyl sites for hydroxylation is 1. The number of hydrogen-bond acceptors (Lipinski definition) is 3. The van der Waals surface area contributed by atoms with Crippen molar-refractivity contribution in [2.24, 2.45) is 0 Å². The van der Waals surface area contributed by atoms with Crippen molar-refractivity contribution >= 4 is 23.6 Å². The fourth-order valence-corrected chi connectivity index (χ4v) is 3.74. The molecule has 5 heteroatoms. The third-order valence-electron chi connectivity index (χ3n) is 5.59. The zero-order valence-electron chi connectivity index (χ0n) is 18.2. The summed E-state index contributed by atoms with van der Waals surface area (Å²) in [6, 6.07) is 27.0. The summed E-state index contributed by atoms with van der Waals surface area (Å²) < 4.78 is 0. The Hall–Kier alpha value is -3.86. The van der Waals surface area contributed by atoms with E-state index in [1.54, 1.807) is 18.2 Å². The summed E-state index contributed by atoms with van der Waals surface area (Å²) >= 11 is 0. The molecule has 162 valence electrons. The molecule has 0 bridgehead atoms. The van der Waals surface area contributed by atoms with Crippen LogP contribution in [-0.4, -0.2) is 42.9 Å². The monoisotopic (exact) mass is 425 g/mol. The first-order valence-electron chi connectivity index (χ1n) is 10.8. The molecule has 0 radical (unpaired) electrons. The number of benzene rings is 3. The van der Waals surface area contributed by atoms with Gasteiger partial charge < -0.3 is 15.1 Å². The van der Waals surface area contributed by atoms with Crippen molar-refractivity contribution in [1.29, 1.82) is 0 Å². The van der Waals surface area contributed by atoms with Gasteiger partial charge in [0, 0.05) is 37.4 Å². The molecule has 0 unspecified atom stereocenters. The van der Waals surface area contributed by atoms with Crippen LogP contribution in [0.2, 0.25) is 0 Å². The molecular formula is C27H27N3O2. The molecule has 1 N–H and O–H groups in total. The zero-order valence-corrected chi connectivity index (χ0v) is 18.2. The molecule has 1 fully saturated rings. The maximum atomic E-state index is 13.4. The molecule has 1 heterocycles. The van der Waals surface area contributed by atoms with Crippen LogP contribution in [0.15, 0.2) is 90.6 Å². The van der Waals surface area contributed by atoms with Crippen LogP contribution in [0, 0.1) is 6.92 Å². The average molecular weight is 426 g/mol. The fraction of sp³-hybridized carbons (Fsp3) is 0.185. The minimum atomic E-state index is -0.291. The summed E-state index contributed by atoms with van der Waals surface area (Å²) in [5, 5.41) is 2.85. The predicted molar refractivity (Wildman–Crippen MR) is 128 cm³/mol. The van der Waals surface area contributed by atoms with Gasteiger partial charge in [0.25, 0.3) is 11.8 Å². The number of para-hydroxylation sites is 1. The van der Waals surface area contributed by atoms with Crippen molar-refractivity contribution in [2.45, 2.75) is 6.92 Å².